The first-order valence-electron chi connectivity index (χ1n) is 10.4. The van der Waals surface area contributed by atoms with E-state index in [1.54, 1.807) is 0 Å². The first kappa shape index (κ1) is 27.3. The van der Waals surface area contributed by atoms with Gasteiger partial charge in [-0.25, -0.2) is 0 Å². The van der Waals surface area contributed by atoms with Crippen molar-refractivity contribution in [1.29, 1.82) is 0 Å². The lowest BCUT2D eigenvalue weighted by molar-refractivity contribution is -0.142. The van der Waals surface area contributed by atoms with E-state index in [0.29, 0.717) is 19.4 Å². The number of nitrogens with zero attached hydrogens (tertiary/aromatic N) is 1. The summed E-state index contributed by atoms with van der Waals surface area (Å²) >= 11 is 5.50. The van der Waals surface area contributed by atoms with E-state index in [2.05, 4.69) is 20.7 Å². The van der Waals surface area contributed by atoms with Crippen LogP contribution in [0.25, 0.3) is 0 Å². The number of rotatable bonds is 11. The molecule has 3 N–H and O–H groups in total. The molecular weight excluding hydrogens is 444 g/mol. The van der Waals surface area contributed by atoms with Crippen LogP contribution in [0.15, 0.2) is 0 Å². The van der Waals surface area contributed by atoms with E-state index in [4.69, 9.17) is 11.6 Å². The second-order valence-corrected chi connectivity index (χ2v) is 7.88. The Morgan fingerprint density at radius 2 is 1.62 bits per heavy atom. The lowest BCUT2D eigenvalue weighted by atomic mass is 10.1. The average molecular weight is 475 g/mol. The fraction of sp³-hybridized carbons (Fsp3) is 0.700. The summed E-state index contributed by atoms with van der Waals surface area (Å²) in [6.45, 7) is 4.80. The number of carbonyl (C=O) groups excluding carboxylic acids is 6. The number of nitrogens with one attached hydrogen (secondary N) is 3. The summed E-state index contributed by atoms with van der Waals surface area (Å²) < 4.78 is 4.45. The molecule has 32 heavy (non-hydrogen) atoms. The van der Waals surface area contributed by atoms with E-state index < -0.39 is 53.8 Å². The summed E-state index contributed by atoms with van der Waals surface area (Å²) in [5.41, 5.74) is 0. The van der Waals surface area contributed by atoms with Crippen LogP contribution in [0.3, 0.4) is 0 Å². The molecule has 4 atom stereocenters. The van der Waals surface area contributed by atoms with Crippen LogP contribution in [0.5, 0.6) is 0 Å². The predicted octanol–water partition coefficient (Wildman–Crippen LogP) is -0.747. The largest absolute Gasteiger partial charge is 0.469 e. The predicted molar refractivity (Wildman–Crippen MR) is 115 cm³/mol. The molecule has 0 saturated carbocycles. The number of hydrogen-bond donors (Lipinski definition) is 3. The zero-order valence-electron chi connectivity index (χ0n) is 18.7. The topological polar surface area (TPSA) is 151 Å². The van der Waals surface area contributed by atoms with Gasteiger partial charge >= 0.3 is 5.97 Å². The Bertz CT molecular complexity index is 745. The van der Waals surface area contributed by atoms with Crippen molar-refractivity contribution in [2.24, 2.45) is 0 Å². The lowest BCUT2D eigenvalue weighted by Crippen LogP contribution is -2.56. The molecule has 0 radical (unpaired) electrons. The Balaban J connectivity index is 2.61. The minimum Gasteiger partial charge on any atom is -0.469 e. The van der Waals surface area contributed by atoms with Crippen LogP contribution in [0.1, 0.15) is 46.5 Å². The van der Waals surface area contributed by atoms with Gasteiger partial charge in [0.1, 0.15) is 18.1 Å². The molecule has 0 aromatic heterocycles. The standard InChI is InChI=1S/C20H31ClN4O7/c1-11(15(26)10-21)23-19(30)14-6-5-9-25(14)20(31)13(3)24-18(29)12(2)22-16(27)7-8-17(28)32-4/h11-14H,5-10H2,1-4H3,(H,22,27)(H,23,30)(H,24,29)/t11-,12-,13-,14-/m0/s1. The normalized spacial score (nSPS) is 18.2. The number of hydrogen-bond acceptors (Lipinski definition) is 7. The molecule has 0 aliphatic carbocycles. The first-order chi connectivity index (χ1) is 15.0. The number of amides is 4. The van der Waals surface area contributed by atoms with Crippen LogP contribution in [-0.2, 0) is 33.5 Å². The number of esters is 1. The van der Waals surface area contributed by atoms with Crippen molar-refractivity contribution >= 4 is 47.0 Å². The van der Waals surface area contributed by atoms with E-state index in [1.165, 1.54) is 32.8 Å². The minimum absolute atomic E-state index is 0.112. The van der Waals surface area contributed by atoms with Gasteiger partial charge < -0.3 is 25.6 Å². The fourth-order valence-electron chi connectivity index (χ4n) is 3.15. The first-order valence-corrected chi connectivity index (χ1v) is 10.9. The third-order valence-electron chi connectivity index (χ3n) is 5.10. The van der Waals surface area contributed by atoms with Crippen LogP contribution in [0.2, 0.25) is 0 Å². The second-order valence-electron chi connectivity index (χ2n) is 7.62. The molecule has 0 aromatic rings. The Kier molecular flexibility index (Phi) is 11.1. The molecule has 11 nitrogen and oxygen atoms in total. The van der Waals surface area contributed by atoms with Crippen molar-refractivity contribution in [2.45, 2.75) is 70.6 Å². The van der Waals surface area contributed by atoms with E-state index in [0.717, 1.165) is 0 Å². The Morgan fingerprint density at radius 1 is 0.969 bits per heavy atom. The molecule has 1 heterocycles. The van der Waals surface area contributed by atoms with Crippen LogP contribution in [-0.4, -0.2) is 84.0 Å². The molecule has 0 unspecified atom stereocenters. The molecular formula is C20H31ClN4O7. The molecule has 180 valence electrons. The summed E-state index contributed by atoms with van der Waals surface area (Å²) in [6, 6.07) is -3.39. The van der Waals surface area contributed by atoms with E-state index in [1.807, 2.05) is 0 Å². The van der Waals surface area contributed by atoms with Crippen molar-refractivity contribution < 1.29 is 33.5 Å². The molecule has 0 bridgehead atoms. The Morgan fingerprint density at radius 3 is 2.22 bits per heavy atom. The summed E-state index contributed by atoms with van der Waals surface area (Å²) in [7, 11) is 1.21. The zero-order valence-corrected chi connectivity index (χ0v) is 19.5. The monoisotopic (exact) mass is 474 g/mol. The second kappa shape index (κ2) is 13.0. The summed E-state index contributed by atoms with van der Waals surface area (Å²) in [6.07, 6.45) is 0.800. The van der Waals surface area contributed by atoms with Gasteiger partial charge in [0.15, 0.2) is 5.78 Å². The molecule has 1 rings (SSSR count). The number of alkyl halides is 1. The van der Waals surface area contributed by atoms with Gasteiger partial charge in [-0.3, -0.25) is 28.8 Å². The van der Waals surface area contributed by atoms with Gasteiger partial charge in [0.25, 0.3) is 0 Å². The maximum Gasteiger partial charge on any atom is 0.306 e. The number of methoxy groups -OCH3 is 1. The van der Waals surface area contributed by atoms with Crippen molar-refractivity contribution in [3.63, 3.8) is 0 Å². The molecule has 12 heteroatoms. The maximum absolute atomic E-state index is 12.8. The van der Waals surface area contributed by atoms with Crippen molar-refractivity contribution in [1.82, 2.24) is 20.9 Å². The molecule has 0 aromatic carbocycles. The SMILES string of the molecule is COC(=O)CCC(=O)N[C@@H](C)C(=O)N[C@@H](C)C(=O)N1CCC[C@H]1C(=O)N[C@@H](C)C(=O)CCl. The van der Waals surface area contributed by atoms with Crippen LogP contribution < -0.4 is 16.0 Å². The molecule has 1 aliphatic heterocycles. The van der Waals surface area contributed by atoms with Gasteiger partial charge in [-0.1, -0.05) is 0 Å². The number of likely N-dealkylation sites (tertiary alicyclic amines) is 1. The number of Topliss-reactive ketones (excluding diaryl/α,β-unsaturated/α-hetero) is 1. The molecule has 4 amide bonds. The number of halogens is 1. The third-order valence-corrected chi connectivity index (χ3v) is 5.36. The smallest absolute Gasteiger partial charge is 0.306 e. The van der Waals surface area contributed by atoms with E-state index >= 15 is 0 Å². The molecule has 0 spiro atoms. The average Bonchev–Trinajstić information content (AvgIpc) is 3.25. The quantitative estimate of drug-likeness (QED) is 0.263. The van der Waals surface area contributed by atoms with Crippen molar-refractivity contribution in [3.8, 4) is 0 Å². The van der Waals surface area contributed by atoms with Crippen LogP contribution >= 0.6 is 11.6 Å². The highest BCUT2D eigenvalue weighted by atomic mass is 35.5. The van der Waals surface area contributed by atoms with Gasteiger partial charge in [0, 0.05) is 13.0 Å². The van der Waals surface area contributed by atoms with Gasteiger partial charge in [-0.15, -0.1) is 11.6 Å². The molecule has 1 saturated heterocycles. The minimum atomic E-state index is -0.938. The Labute approximate surface area is 191 Å². The molecule has 1 aliphatic rings. The third kappa shape index (κ3) is 8.10. The Hall–Kier alpha value is -2.69. The highest BCUT2D eigenvalue weighted by molar-refractivity contribution is 6.28. The lowest BCUT2D eigenvalue weighted by Gasteiger charge is -2.28. The van der Waals surface area contributed by atoms with Crippen LogP contribution in [0.4, 0.5) is 0 Å². The fourth-order valence-corrected chi connectivity index (χ4v) is 3.39. The summed E-state index contributed by atoms with van der Waals surface area (Å²) in [5.74, 6) is -3.09. The highest BCUT2D eigenvalue weighted by Gasteiger charge is 2.37. The van der Waals surface area contributed by atoms with Crippen molar-refractivity contribution in [3.05, 3.63) is 0 Å². The number of carbonyl (C=O) groups is 6. The zero-order chi connectivity index (χ0) is 24.4. The number of ether oxygens (including phenoxy) is 1. The van der Waals surface area contributed by atoms with Gasteiger partial charge in [0.2, 0.25) is 23.6 Å². The van der Waals surface area contributed by atoms with E-state index in [9.17, 15) is 28.8 Å². The highest BCUT2D eigenvalue weighted by Crippen LogP contribution is 2.19. The van der Waals surface area contributed by atoms with Gasteiger partial charge in [-0.2, -0.15) is 0 Å². The van der Waals surface area contributed by atoms with Crippen LogP contribution in [0, 0.1) is 0 Å². The maximum atomic E-state index is 12.8. The van der Waals surface area contributed by atoms with E-state index in [-0.39, 0.29) is 24.5 Å². The van der Waals surface area contributed by atoms with Crippen molar-refractivity contribution in [2.75, 3.05) is 19.5 Å². The number of ketones is 1. The summed E-state index contributed by atoms with van der Waals surface area (Å²) in [4.78, 5) is 73.6. The summed E-state index contributed by atoms with van der Waals surface area (Å²) in [5, 5.41) is 7.54. The molecule has 1 fully saturated rings. The van der Waals surface area contributed by atoms with Gasteiger partial charge in [-0.05, 0) is 33.6 Å². The van der Waals surface area contributed by atoms with Gasteiger partial charge in [0.05, 0.1) is 25.5 Å².